The van der Waals surface area contributed by atoms with Crippen molar-refractivity contribution in [3.63, 3.8) is 0 Å². The Bertz CT molecular complexity index is 692. The Morgan fingerprint density at radius 3 is 2.57 bits per heavy atom. The Morgan fingerprint density at radius 2 is 1.86 bits per heavy atom. The lowest BCUT2D eigenvalue weighted by atomic mass is 10.4. The number of anilines is 1. The lowest BCUT2D eigenvalue weighted by Crippen LogP contribution is -2.32. The molecule has 7 heteroatoms. The molecule has 0 bridgehead atoms. The van der Waals surface area contributed by atoms with Crippen LogP contribution in [0.2, 0.25) is 0 Å². The third-order valence-electron chi connectivity index (χ3n) is 3.26. The zero-order chi connectivity index (χ0) is 14.7. The Labute approximate surface area is 133 Å². The number of thiazole rings is 1. The van der Waals surface area contributed by atoms with Gasteiger partial charge in [0.25, 0.3) is 0 Å². The predicted molar refractivity (Wildman–Crippen MR) is 89.0 cm³/mol. The molecule has 2 aromatic rings. The first-order chi connectivity index (χ1) is 10.1. The predicted octanol–water partition coefficient (Wildman–Crippen LogP) is 2.67. The van der Waals surface area contributed by atoms with Crippen molar-refractivity contribution in [3.8, 4) is 0 Å². The summed E-state index contributed by atoms with van der Waals surface area (Å²) in [7, 11) is -3.31. The summed E-state index contributed by atoms with van der Waals surface area (Å²) in [5, 5.41) is 2.80. The Kier molecular flexibility index (Phi) is 4.51. The van der Waals surface area contributed by atoms with Crippen LogP contribution >= 0.6 is 23.1 Å². The molecule has 1 aliphatic rings. The Morgan fingerprint density at radius 1 is 1.14 bits per heavy atom. The van der Waals surface area contributed by atoms with Gasteiger partial charge in [-0.3, -0.25) is 0 Å². The van der Waals surface area contributed by atoms with E-state index in [2.05, 4.69) is 9.88 Å². The van der Waals surface area contributed by atoms with Gasteiger partial charge in [0, 0.05) is 30.0 Å². The lowest BCUT2D eigenvalue weighted by Gasteiger charge is -2.25. The van der Waals surface area contributed by atoms with Crippen LogP contribution in [0.4, 0.5) is 5.13 Å². The van der Waals surface area contributed by atoms with Crippen molar-refractivity contribution >= 4 is 38.1 Å². The number of hydrogen-bond donors (Lipinski definition) is 0. The smallest absolute Gasteiger partial charge is 0.185 e. The normalized spacial score (nSPS) is 16.1. The summed E-state index contributed by atoms with van der Waals surface area (Å²) in [6, 6.07) is 8.55. The lowest BCUT2D eigenvalue weighted by molar-refractivity contribution is 0.595. The van der Waals surface area contributed by atoms with Gasteiger partial charge in [-0.1, -0.05) is 18.2 Å². The molecule has 1 fully saturated rings. The minimum atomic E-state index is -3.31. The number of thioether (sulfide) groups is 1. The molecule has 0 atom stereocenters. The van der Waals surface area contributed by atoms with Crippen molar-refractivity contribution in [1.82, 2.24) is 4.98 Å². The number of benzene rings is 1. The fourth-order valence-electron chi connectivity index (χ4n) is 2.17. The van der Waals surface area contributed by atoms with Crippen molar-refractivity contribution in [2.45, 2.75) is 10.6 Å². The summed E-state index contributed by atoms with van der Waals surface area (Å²) in [4.78, 5) is 7.09. The molecular formula is C14H16N2O2S3. The Hall–Kier alpha value is -1.05. The van der Waals surface area contributed by atoms with Crippen LogP contribution in [0, 0.1) is 0 Å². The molecule has 112 valence electrons. The van der Waals surface area contributed by atoms with Crippen LogP contribution in [0.1, 0.15) is 5.69 Å². The molecule has 2 heterocycles. The molecule has 0 amide bonds. The standard InChI is InChI=1S/C14H16N2O2S3/c17-21(18,13-4-2-1-3-5-13)11-12-10-20-14(15-12)16-6-8-19-9-7-16/h1-5,10H,6-9,11H2. The molecule has 0 radical (unpaired) electrons. The van der Waals surface area contributed by atoms with Gasteiger partial charge < -0.3 is 4.90 Å². The first kappa shape index (κ1) is 14.9. The number of hydrogen-bond acceptors (Lipinski definition) is 6. The molecule has 0 saturated carbocycles. The second-order valence-electron chi connectivity index (χ2n) is 4.79. The van der Waals surface area contributed by atoms with Gasteiger partial charge in [-0.05, 0) is 12.1 Å². The molecule has 4 nitrogen and oxygen atoms in total. The number of rotatable bonds is 4. The highest BCUT2D eigenvalue weighted by atomic mass is 32.2. The molecule has 0 unspecified atom stereocenters. The molecule has 1 aromatic heterocycles. The van der Waals surface area contributed by atoms with Crippen LogP contribution in [-0.4, -0.2) is 38.0 Å². The highest BCUT2D eigenvalue weighted by Gasteiger charge is 2.19. The summed E-state index contributed by atoms with van der Waals surface area (Å²) >= 11 is 3.48. The van der Waals surface area contributed by atoms with Gasteiger partial charge in [0.2, 0.25) is 0 Å². The second-order valence-corrected chi connectivity index (χ2v) is 8.84. The van der Waals surface area contributed by atoms with Crippen LogP contribution in [0.25, 0.3) is 0 Å². The Balaban J connectivity index is 1.75. The van der Waals surface area contributed by atoms with E-state index in [1.165, 1.54) is 11.3 Å². The molecule has 1 aromatic carbocycles. The maximum Gasteiger partial charge on any atom is 0.185 e. The van der Waals surface area contributed by atoms with Gasteiger partial charge >= 0.3 is 0 Å². The number of aromatic nitrogens is 1. The summed E-state index contributed by atoms with van der Waals surface area (Å²) in [6.45, 7) is 1.98. The van der Waals surface area contributed by atoms with Gasteiger partial charge in [0.05, 0.1) is 16.3 Å². The molecule has 0 spiro atoms. The topological polar surface area (TPSA) is 50.3 Å². The molecule has 0 N–H and O–H groups in total. The summed E-state index contributed by atoms with van der Waals surface area (Å²) < 4.78 is 24.7. The van der Waals surface area contributed by atoms with Crippen molar-refractivity contribution in [2.24, 2.45) is 0 Å². The molecule has 0 aliphatic carbocycles. The third kappa shape index (κ3) is 3.59. The van der Waals surface area contributed by atoms with E-state index in [0.29, 0.717) is 10.6 Å². The maximum absolute atomic E-state index is 12.3. The van der Waals surface area contributed by atoms with Gasteiger partial charge in [0.15, 0.2) is 15.0 Å². The minimum Gasteiger partial charge on any atom is -0.346 e. The van der Waals surface area contributed by atoms with E-state index in [9.17, 15) is 8.42 Å². The summed E-state index contributed by atoms with van der Waals surface area (Å²) in [5.41, 5.74) is 0.636. The van der Waals surface area contributed by atoms with E-state index in [-0.39, 0.29) is 5.75 Å². The second kappa shape index (κ2) is 6.37. The SMILES string of the molecule is O=S(=O)(Cc1csc(N2CCSCC2)n1)c1ccccc1. The zero-order valence-electron chi connectivity index (χ0n) is 11.4. The van der Waals surface area contributed by atoms with Crippen molar-refractivity contribution in [2.75, 3.05) is 29.5 Å². The van der Waals surface area contributed by atoms with Gasteiger partial charge in [-0.25, -0.2) is 13.4 Å². The third-order valence-corrected chi connectivity index (χ3v) is 6.82. The first-order valence-electron chi connectivity index (χ1n) is 6.70. The molecule has 21 heavy (non-hydrogen) atoms. The van der Waals surface area contributed by atoms with Crippen LogP contribution < -0.4 is 4.90 Å². The maximum atomic E-state index is 12.3. The van der Waals surface area contributed by atoms with Gasteiger partial charge in [-0.2, -0.15) is 11.8 Å². The fraction of sp³-hybridized carbons (Fsp3) is 0.357. The highest BCUT2D eigenvalue weighted by Crippen LogP contribution is 2.25. The van der Waals surface area contributed by atoms with Crippen LogP contribution in [-0.2, 0) is 15.6 Å². The average Bonchev–Trinajstić information content (AvgIpc) is 2.97. The summed E-state index contributed by atoms with van der Waals surface area (Å²) in [6.07, 6.45) is 0. The highest BCUT2D eigenvalue weighted by molar-refractivity contribution is 7.99. The van der Waals surface area contributed by atoms with E-state index < -0.39 is 9.84 Å². The van der Waals surface area contributed by atoms with Crippen molar-refractivity contribution < 1.29 is 8.42 Å². The van der Waals surface area contributed by atoms with Crippen molar-refractivity contribution in [3.05, 3.63) is 41.4 Å². The van der Waals surface area contributed by atoms with E-state index in [1.807, 2.05) is 23.2 Å². The monoisotopic (exact) mass is 340 g/mol. The molecule has 1 aliphatic heterocycles. The number of sulfone groups is 1. The fourth-order valence-corrected chi connectivity index (χ4v) is 5.33. The molecule has 1 saturated heterocycles. The average molecular weight is 340 g/mol. The minimum absolute atomic E-state index is 0.0316. The largest absolute Gasteiger partial charge is 0.346 e. The van der Waals surface area contributed by atoms with E-state index >= 15 is 0 Å². The first-order valence-corrected chi connectivity index (χ1v) is 10.4. The molecule has 3 rings (SSSR count). The van der Waals surface area contributed by atoms with E-state index in [1.54, 1.807) is 24.3 Å². The quantitative estimate of drug-likeness (QED) is 0.856. The van der Waals surface area contributed by atoms with Crippen LogP contribution in [0.15, 0.2) is 40.6 Å². The van der Waals surface area contributed by atoms with Gasteiger partial charge in [0.1, 0.15) is 0 Å². The van der Waals surface area contributed by atoms with Crippen molar-refractivity contribution in [1.29, 1.82) is 0 Å². The number of nitrogens with zero attached hydrogens (tertiary/aromatic N) is 2. The van der Waals surface area contributed by atoms with E-state index in [0.717, 1.165) is 29.7 Å². The molecular weight excluding hydrogens is 324 g/mol. The van der Waals surface area contributed by atoms with Crippen LogP contribution in [0.3, 0.4) is 0 Å². The van der Waals surface area contributed by atoms with Gasteiger partial charge in [-0.15, -0.1) is 11.3 Å². The van der Waals surface area contributed by atoms with Crippen LogP contribution in [0.5, 0.6) is 0 Å². The zero-order valence-corrected chi connectivity index (χ0v) is 13.9. The van der Waals surface area contributed by atoms with E-state index in [4.69, 9.17) is 0 Å². The summed E-state index contributed by atoms with van der Waals surface area (Å²) in [5.74, 6) is 2.19.